The third-order valence-corrected chi connectivity index (χ3v) is 4.74. The van der Waals surface area contributed by atoms with Gasteiger partial charge < -0.3 is 9.88 Å². The fourth-order valence-electron chi connectivity index (χ4n) is 3.00. The zero-order valence-corrected chi connectivity index (χ0v) is 15.2. The smallest absolute Gasteiger partial charge is 0.243 e. The highest BCUT2D eigenvalue weighted by Gasteiger charge is 2.19. The van der Waals surface area contributed by atoms with Crippen molar-refractivity contribution in [2.45, 2.75) is 45.7 Å². The average Bonchev–Trinajstić information content (AvgIpc) is 3.05. The van der Waals surface area contributed by atoms with Crippen molar-refractivity contribution in [3.05, 3.63) is 66.0 Å². The lowest BCUT2D eigenvalue weighted by Gasteiger charge is -2.20. The van der Waals surface area contributed by atoms with Gasteiger partial charge in [0.25, 0.3) is 0 Å². The molecule has 130 valence electrons. The topological polar surface area (TPSA) is 46.9 Å². The third kappa shape index (κ3) is 3.58. The van der Waals surface area contributed by atoms with Crippen molar-refractivity contribution in [1.82, 2.24) is 14.9 Å². The first-order valence-corrected chi connectivity index (χ1v) is 8.79. The molecule has 1 heterocycles. The number of benzene rings is 2. The van der Waals surface area contributed by atoms with Gasteiger partial charge in [-0.1, -0.05) is 50.2 Å². The third-order valence-electron chi connectivity index (χ3n) is 4.74. The molecule has 0 aliphatic carbocycles. The lowest BCUT2D eigenvalue weighted by atomic mass is 9.99. The summed E-state index contributed by atoms with van der Waals surface area (Å²) in [5.74, 6) is 0.497. The molecule has 1 aromatic heterocycles. The van der Waals surface area contributed by atoms with Crippen molar-refractivity contribution >= 4 is 16.9 Å². The fourth-order valence-corrected chi connectivity index (χ4v) is 3.00. The SMILES string of the molecule is CC(C)c1ccc(C(C)NC(=O)C(C)n2cnc3ccccc32)cc1. The summed E-state index contributed by atoms with van der Waals surface area (Å²) >= 11 is 0. The van der Waals surface area contributed by atoms with Crippen molar-refractivity contribution in [2.24, 2.45) is 0 Å². The Morgan fingerprint density at radius 2 is 1.60 bits per heavy atom. The Labute approximate surface area is 148 Å². The second-order valence-electron chi connectivity index (χ2n) is 6.87. The highest BCUT2D eigenvalue weighted by atomic mass is 16.2. The molecule has 3 rings (SSSR count). The maximum Gasteiger partial charge on any atom is 0.243 e. The second-order valence-corrected chi connectivity index (χ2v) is 6.87. The molecule has 2 aromatic carbocycles. The van der Waals surface area contributed by atoms with E-state index in [2.05, 4.69) is 48.4 Å². The predicted molar refractivity (Wildman–Crippen MR) is 102 cm³/mol. The van der Waals surface area contributed by atoms with Gasteiger partial charge in [0, 0.05) is 0 Å². The summed E-state index contributed by atoms with van der Waals surface area (Å²) in [4.78, 5) is 17.1. The molecule has 1 N–H and O–H groups in total. The van der Waals surface area contributed by atoms with Crippen molar-refractivity contribution < 1.29 is 4.79 Å². The van der Waals surface area contributed by atoms with E-state index in [-0.39, 0.29) is 18.0 Å². The predicted octanol–water partition coefficient (Wildman–Crippen LogP) is 4.60. The maximum absolute atomic E-state index is 12.7. The summed E-state index contributed by atoms with van der Waals surface area (Å²) in [6.07, 6.45) is 1.73. The summed E-state index contributed by atoms with van der Waals surface area (Å²) in [7, 11) is 0. The summed E-state index contributed by atoms with van der Waals surface area (Å²) < 4.78 is 1.92. The zero-order chi connectivity index (χ0) is 18.0. The van der Waals surface area contributed by atoms with Gasteiger partial charge in [0.05, 0.1) is 23.4 Å². The van der Waals surface area contributed by atoms with Crippen LogP contribution in [-0.4, -0.2) is 15.5 Å². The molecule has 2 atom stereocenters. The number of hydrogen-bond acceptors (Lipinski definition) is 2. The van der Waals surface area contributed by atoms with Crippen LogP contribution in [0.4, 0.5) is 0 Å². The molecule has 0 aliphatic heterocycles. The first-order valence-electron chi connectivity index (χ1n) is 8.79. The van der Waals surface area contributed by atoms with Crippen LogP contribution in [0.1, 0.15) is 56.8 Å². The number of rotatable bonds is 5. The number of para-hydroxylation sites is 2. The molecular weight excluding hydrogens is 310 g/mol. The summed E-state index contributed by atoms with van der Waals surface area (Å²) in [6, 6.07) is 16.0. The van der Waals surface area contributed by atoms with Gasteiger partial charge in [0.15, 0.2) is 0 Å². The molecule has 0 bridgehead atoms. The number of imidazole rings is 1. The number of fused-ring (bicyclic) bond motifs is 1. The van der Waals surface area contributed by atoms with E-state index in [1.165, 1.54) is 5.56 Å². The van der Waals surface area contributed by atoms with E-state index in [0.717, 1.165) is 16.6 Å². The number of nitrogens with one attached hydrogen (secondary N) is 1. The standard InChI is InChI=1S/C21H25N3O/c1-14(2)17-9-11-18(12-10-17)15(3)23-21(25)16(4)24-13-22-19-7-5-6-8-20(19)24/h5-16H,1-4H3,(H,23,25). The van der Waals surface area contributed by atoms with E-state index in [9.17, 15) is 4.79 Å². The number of amides is 1. The van der Waals surface area contributed by atoms with Crippen LogP contribution in [0.25, 0.3) is 11.0 Å². The summed E-state index contributed by atoms with van der Waals surface area (Å²) in [5, 5.41) is 3.11. The molecule has 0 radical (unpaired) electrons. The minimum atomic E-state index is -0.315. The van der Waals surface area contributed by atoms with Gasteiger partial charge in [0.2, 0.25) is 5.91 Å². The van der Waals surface area contributed by atoms with Crippen LogP contribution in [0.15, 0.2) is 54.9 Å². The number of carbonyl (C=O) groups is 1. The van der Waals surface area contributed by atoms with Gasteiger partial charge in [-0.2, -0.15) is 0 Å². The van der Waals surface area contributed by atoms with Gasteiger partial charge in [0.1, 0.15) is 6.04 Å². The van der Waals surface area contributed by atoms with Crippen molar-refractivity contribution in [2.75, 3.05) is 0 Å². The van der Waals surface area contributed by atoms with Crippen LogP contribution < -0.4 is 5.32 Å². The molecule has 4 nitrogen and oxygen atoms in total. The Bertz CT molecular complexity index is 864. The van der Waals surface area contributed by atoms with Gasteiger partial charge in [-0.05, 0) is 43.0 Å². The molecule has 0 saturated carbocycles. The van der Waals surface area contributed by atoms with Gasteiger partial charge >= 0.3 is 0 Å². The summed E-state index contributed by atoms with van der Waals surface area (Å²) in [6.45, 7) is 8.27. The van der Waals surface area contributed by atoms with Crippen LogP contribution in [0.2, 0.25) is 0 Å². The fraction of sp³-hybridized carbons (Fsp3) is 0.333. The van der Waals surface area contributed by atoms with Crippen LogP contribution in [0.5, 0.6) is 0 Å². The lowest BCUT2D eigenvalue weighted by Crippen LogP contribution is -2.32. The molecule has 0 fully saturated rings. The van der Waals surface area contributed by atoms with E-state index in [1.54, 1.807) is 6.33 Å². The monoisotopic (exact) mass is 335 g/mol. The number of carbonyl (C=O) groups excluding carboxylic acids is 1. The molecule has 0 aliphatic rings. The van der Waals surface area contributed by atoms with E-state index in [0.29, 0.717) is 5.92 Å². The Kier molecular flexibility index (Phi) is 4.88. The van der Waals surface area contributed by atoms with Gasteiger partial charge in [-0.3, -0.25) is 4.79 Å². The van der Waals surface area contributed by atoms with E-state index < -0.39 is 0 Å². The highest BCUT2D eigenvalue weighted by Crippen LogP contribution is 2.21. The van der Waals surface area contributed by atoms with Crippen molar-refractivity contribution in [3.63, 3.8) is 0 Å². The zero-order valence-electron chi connectivity index (χ0n) is 15.2. The molecule has 25 heavy (non-hydrogen) atoms. The molecular formula is C21H25N3O. The number of nitrogens with zero attached hydrogens (tertiary/aromatic N) is 2. The maximum atomic E-state index is 12.7. The van der Waals surface area contributed by atoms with Gasteiger partial charge in [-0.25, -0.2) is 4.98 Å². The second kappa shape index (κ2) is 7.09. The van der Waals surface area contributed by atoms with Crippen LogP contribution in [-0.2, 0) is 4.79 Å². The van der Waals surface area contributed by atoms with Gasteiger partial charge in [-0.15, -0.1) is 0 Å². The van der Waals surface area contributed by atoms with Crippen molar-refractivity contribution in [3.8, 4) is 0 Å². The minimum absolute atomic E-state index is 0.0106. The summed E-state index contributed by atoms with van der Waals surface area (Å²) in [5.41, 5.74) is 4.29. The molecule has 0 saturated heterocycles. The normalized spacial score (nSPS) is 13.8. The molecule has 3 aromatic rings. The number of hydrogen-bond donors (Lipinski definition) is 1. The highest BCUT2D eigenvalue weighted by molar-refractivity contribution is 5.83. The Morgan fingerprint density at radius 1 is 0.960 bits per heavy atom. The Balaban J connectivity index is 1.72. The van der Waals surface area contributed by atoms with E-state index in [4.69, 9.17) is 0 Å². The molecule has 1 amide bonds. The first kappa shape index (κ1) is 17.2. The Hall–Kier alpha value is -2.62. The quantitative estimate of drug-likeness (QED) is 0.741. The van der Waals surface area contributed by atoms with Crippen LogP contribution in [0, 0.1) is 0 Å². The van der Waals surface area contributed by atoms with E-state index >= 15 is 0 Å². The molecule has 0 spiro atoms. The largest absolute Gasteiger partial charge is 0.348 e. The van der Waals surface area contributed by atoms with E-state index in [1.807, 2.05) is 42.7 Å². The lowest BCUT2D eigenvalue weighted by molar-refractivity contribution is -0.124. The molecule has 2 unspecified atom stereocenters. The van der Waals surface area contributed by atoms with Crippen LogP contribution >= 0.6 is 0 Å². The van der Waals surface area contributed by atoms with Crippen LogP contribution in [0.3, 0.4) is 0 Å². The average molecular weight is 335 g/mol. The minimum Gasteiger partial charge on any atom is -0.348 e. The first-order chi connectivity index (χ1) is 12.0. The Morgan fingerprint density at radius 3 is 2.28 bits per heavy atom. The molecule has 4 heteroatoms. The van der Waals surface area contributed by atoms with Crippen molar-refractivity contribution in [1.29, 1.82) is 0 Å². The number of aromatic nitrogens is 2.